The van der Waals surface area contributed by atoms with Crippen LogP contribution in [0.15, 0.2) is 47.3 Å². The van der Waals surface area contributed by atoms with Crippen molar-refractivity contribution in [3.63, 3.8) is 0 Å². The average molecular weight is 693 g/mol. The van der Waals surface area contributed by atoms with Gasteiger partial charge in [-0.3, -0.25) is 14.9 Å². The molecule has 0 bridgehead atoms. The van der Waals surface area contributed by atoms with Crippen molar-refractivity contribution < 1.29 is 4.74 Å². The second-order valence-electron chi connectivity index (χ2n) is 12.1. The molecule has 2 saturated heterocycles. The molecule has 4 aromatic rings. The third-order valence-electron chi connectivity index (χ3n) is 9.15. The summed E-state index contributed by atoms with van der Waals surface area (Å²) in [6, 6.07) is 9.56. The van der Waals surface area contributed by atoms with Gasteiger partial charge in [-0.2, -0.15) is 4.98 Å². The monoisotopic (exact) mass is 691 g/mol. The number of likely N-dealkylation sites (tertiary alicyclic amines) is 2. The molecule has 6 rings (SSSR count). The highest BCUT2D eigenvalue weighted by Gasteiger charge is 2.34. The van der Waals surface area contributed by atoms with Crippen LogP contribution >= 0.6 is 23.9 Å². The third-order valence-corrected chi connectivity index (χ3v) is 11.1. The summed E-state index contributed by atoms with van der Waals surface area (Å²) in [5, 5.41) is 8.10. The van der Waals surface area contributed by atoms with Gasteiger partial charge in [0.15, 0.2) is 0 Å². The van der Waals surface area contributed by atoms with E-state index in [4.69, 9.17) is 9.72 Å². The summed E-state index contributed by atoms with van der Waals surface area (Å²) in [4.78, 5) is 26.2. The first-order valence-corrected chi connectivity index (χ1v) is 18.6. The van der Waals surface area contributed by atoms with Crippen molar-refractivity contribution in [3.8, 4) is 5.75 Å². The Kier molecular flexibility index (Phi) is 9.71. The Morgan fingerprint density at radius 3 is 2.51 bits per heavy atom. The van der Waals surface area contributed by atoms with E-state index in [1.165, 1.54) is 37.2 Å². The van der Waals surface area contributed by atoms with Crippen LogP contribution < -0.4 is 25.6 Å². The van der Waals surface area contributed by atoms with Gasteiger partial charge in [0.25, 0.3) is 0 Å². The summed E-state index contributed by atoms with van der Waals surface area (Å²) in [5.41, 5.74) is 5.97. The maximum atomic E-state index is 5.88. The van der Waals surface area contributed by atoms with Crippen molar-refractivity contribution in [2.75, 3.05) is 75.7 Å². The van der Waals surface area contributed by atoms with Crippen molar-refractivity contribution in [2.24, 2.45) is 0 Å². The topological polar surface area (TPSA) is 94.6 Å². The summed E-state index contributed by atoms with van der Waals surface area (Å²) in [6.45, 7) is 14.8. The molecule has 2 fully saturated rings. The maximum Gasteiger partial charge on any atom is 0.229 e. The largest absolute Gasteiger partial charge is 0.494 e. The Morgan fingerprint density at radius 1 is 1.04 bits per heavy atom. The predicted molar refractivity (Wildman–Crippen MR) is 191 cm³/mol. The smallest absolute Gasteiger partial charge is 0.229 e. The van der Waals surface area contributed by atoms with Crippen molar-refractivity contribution in [3.05, 3.63) is 52.9 Å². The fourth-order valence-corrected chi connectivity index (χ4v) is 8.03. The number of rotatable bonds is 10. The molecule has 2 aromatic carbocycles. The first-order valence-electron chi connectivity index (χ1n) is 15.6. The van der Waals surface area contributed by atoms with Gasteiger partial charge in [0, 0.05) is 86.6 Å². The standard InChI is InChI=1S/C33H43BrN9OP/c1-7-42-19-23(20-42)43-14-10-22(11-15-43)41(3)28-17-29(44-4)27(16-21(28)2)39-33-37-18-24(34)32(40-33)38-26-9-8-25-30(31(26)45(5)6)36-13-12-35-25/h8-9,12-13,16-18,22-23H,7,10-11,14-15,19-20H2,1-6H3,(H2,37,38,39,40). The van der Waals surface area contributed by atoms with E-state index in [1.54, 1.807) is 25.7 Å². The van der Waals surface area contributed by atoms with E-state index in [1.807, 2.05) is 6.07 Å². The molecule has 2 aliphatic rings. The lowest BCUT2D eigenvalue weighted by atomic mass is 9.98. The minimum atomic E-state index is -0.463. The van der Waals surface area contributed by atoms with Gasteiger partial charge in [0.05, 0.1) is 28.3 Å². The van der Waals surface area contributed by atoms with Gasteiger partial charge in [-0.05, 0) is 79.3 Å². The number of piperidine rings is 1. The molecule has 0 saturated carbocycles. The van der Waals surface area contributed by atoms with Crippen molar-refractivity contribution >= 4 is 69.0 Å². The number of likely N-dealkylation sites (N-methyl/N-ethyl adjacent to an activating group) is 1. The lowest BCUT2D eigenvalue weighted by molar-refractivity contribution is 0.0238. The molecule has 0 unspecified atom stereocenters. The molecule has 238 valence electrons. The highest BCUT2D eigenvalue weighted by Crippen LogP contribution is 2.38. The Hall–Kier alpha value is -3.11. The van der Waals surface area contributed by atoms with Crippen LogP contribution in [0, 0.1) is 6.92 Å². The molecule has 0 amide bonds. The number of nitrogens with one attached hydrogen (secondary N) is 2. The highest BCUT2D eigenvalue weighted by molar-refractivity contribution is 9.10. The zero-order valence-corrected chi connectivity index (χ0v) is 29.5. The van der Waals surface area contributed by atoms with Gasteiger partial charge >= 0.3 is 0 Å². The van der Waals surface area contributed by atoms with E-state index in [2.05, 4.69) is 109 Å². The molecule has 0 spiro atoms. The summed E-state index contributed by atoms with van der Waals surface area (Å²) in [6.07, 6.45) is 7.58. The Morgan fingerprint density at radius 2 is 1.80 bits per heavy atom. The minimum Gasteiger partial charge on any atom is -0.494 e. The summed E-state index contributed by atoms with van der Waals surface area (Å²) < 4.78 is 6.65. The minimum absolute atomic E-state index is 0.463. The van der Waals surface area contributed by atoms with Crippen LogP contribution in [0.5, 0.6) is 5.75 Å². The number of anilines is 5. The van der Waals surface area contributed by atoms with Crippen LogP contribution in [0.2, 0.25) is 0 Å². The molecule has 12 heteroatoms. The molecule has 45 heavy (non-hydrogen) atoms. The molecule has 2 N–H and O–H groups in total. The predicted octanol–water partition coefficient (Wildman–Crippen LogP) is 5.96. The van der Waals surface area contributed by atoms with E-state index in [0.717, 1.165) is 63.6 Å². The summed E-state index contributed by atoms with van der Waals surface area (Å²) >= 11 is 3.64. The first-order chi connectivity index (χ1) is 21.7. The van der Waals surface area contributed by atoms with Crippen LogP contribution in [0.1, 0.15) is 25.3 Å². The second-order valence-corrected chi connectivity index (χ2v) is 15.2. The van der Waals surface area contributed by atoms with E-state index in [-0.39, 0.29) is 0 Å². The normalized spacial score (nSPS) is 16.6. The van der Waals surface area contributed by atoms with Crippen LogP contribution in [0.25, 0.3) is 11.0 Å². The Balaban J connectivity index is 1.18. The number of nitrogens with zero attached hydrogens (tertiary/aromatic N) is 7. The summed E-state index contributed by atoms with van der Waals surface area (Å²) in [5.74, 6) is 1.89. The molecule has 0 atom stereocenters. The SMILES string of the molecule is CCN1CC(N2CCC(N(C)c3cc(OC)c(Nc4ncc(Br)c(Nc5ccc6nccnc6c5P(C)C)n4)cc3C)CC2)C1. The molecule has 2 aliphatic heterocycles. The molecule has 0 radical (unpaired) electrons. The second kappa shape index (κ2) is 13.7. The van der Waals surface area contributed by atoms with Crippen LogP contribution in [0.4, 0.5) is 28.8 Å². The molecular weight excluding hydrogens is 649 g/mol. The van der Waals surface area contributed by atoms with Gasteiger partial charge in [-0.1, -0.05) is 14.8 Å². The lowest BCUT2D eigenvalue weighted by Gasteiger charge is -2.48. The molecule has 0 aliphatic carbocycles. The van der Waals surface area contributed by atoms with Crippen molar-refractivity contribution in [1.29, 1.82) is 0 Å². The number of aromatic nitrogens is 4. The highest BCUT2D eigenvalue weighted by atomic mass is 79.9. The number of ether oxygens (including phenoxy) is 1. The lowest BCUT2D eigenvalue weighted by Crippen LogP contribution is -2.61. The van der Waals surface area contributed by atoms with E-state index >= 15 is 0 Å². The molecule has 10 nitrogen and oxygen atoms in total. The molecular formula is C33H43BrN9OP. The number of aryl methyl sites for hydroxylation is 1. The van der Waals surface area contributed by atoms with E-state index in [9.17, 15) is 0 Å². The zero-order chi connectivity index (χ0) is 31.7. The quantitative estimate of drug-likeness (QED) is 0.194. The van der Waals surface area contributed by atoms with Crippen molar-refractivity contribution in [2.45, 2.75) is 38.8 Å². The number of fused-ring (bicyclic) bond motifs is 1. The van der Waals surface area contributed by atoms with Gasteiger partial charge in [-0.15, -0.1) is 0 Å². The zero-order valence-electron chi connectivity index (χ0n) is 27.0. The Bertz CT molecular complexity index is 1660. The fourth-order valence-electron chi connectivity index (χ4n) is 6.53. The van der Waals surface area contributed by atoms with Crippen LogP contribution in [-0.4, -0.2) is 102 Å². The first kappa shape index (κ1) is 31.9. The van der Waals surface area contributed by atoms with E-state index in [0.29, 0.717) is 17.8 Å². The average Bonchev–Trinajstić information content (AvgIpc) is 3.02. The van der Waals surface area contributed by atoms with Gasteiger partial charge in [0.1, 0.15) is 11.6 Å². The van der Waals surface area contributed by atoms with Gasteiger partial charge in [0.2, 0.25) is 5.95 Å². The number of hydrogen-bond acceptors (Lipinski definition) is 10. The molecule has 2 aromatic heterocycles. The van der Waals surface area contributed by atoms with Crippen LogP contribution in [0.3, 0.4) is 0 Å². The number of hydrogen-bond donors (Lipinski definition) is 2. The van der Waals surface area contributed by atoms with Gasteiger partial charge in [-0.25, -0.2) is 4.98 Å². The molecule has 4 heterocycles. The maximum absolute atomic E-state index is 5.88. The third kappa shape index (κ3) is 6.73. The number of benzene rings is 2. The fraction of sp³-hybridized carbons (Fsp3) is 0.455. The van der Waals surface area contributed by atoms with Crippen LogP contribution in [-0.2, 0) is 0 Å². The Labute approximate surface area is 275 Å². The number of methoxy groups -OCH3 is 1. The van der Waals surface area contributed by atoms with Crippen molar-refractivity contribution in [1.82, 2.24) is 29.7 Å². The number of halogens is 1. The van der Waals surface area contributed by atoms with E-state index < -0.39 is 7.92 Å². The van der Waals surface area contributed by atoms with Gasteiger partial charge < -0.3 is 25.2 Å². The summed E-state index contributed by atoms with van der Waals surface area (Å²) in [7, 11) is 3.47.